The topological polar surface area (TPSA) is 41.1 Å². The molecule has 1 aromatic carbocycles. The normalized spacial score (nSPS) is 10.2. The van der Waals surface area contributed by atoms with Gasteiger partial charge in [-0.3, -0.25) is 0 Å². The number of benzene rings is 1. The van der Waals surface area contributed by atoms with Crippen molar-refractivity contribution >= 4 is 17.4 Å². The van der Waals surface area contributed by atoms with Gasteiger partial charge < -0.3 is 10.6 Å². The summed E-state index contributed by atoms with van der Waals surface area (Å²) in [4.78, 5) is 14.2. The quantitative estimate of drug-likeness (QED) is 0.882. The fourth-order valence-corrected chi connectivity index (χ4v) is 2.74. The highest BCUT2D eigenvalue weighted by molar-refractivity contribution is 7.12. The van der Waals surface area contributed by atoms with Gasteiger partial charge in [0.25, 0.3) is 0 Å². The summed E-state index contributed by atoms with van der Waals surface area (Å²) in [6.07, 6.45) is 0. The third-order valence-corrected chi connectivity index (χ3v) is 4.09. The van der Waals surface area contributed by atoms with Crippen molar-refractivity contribution in [2.24, 2.45) is 0 Å². The maximum absolute atomic E-state index is 11.7. The first-order valence-corrected chi connectivity index (χ1v) is 7.08. The molecule has 0 saturated carbocycles. The van der Waals surface area contributed by atoms with Gasteiger partial charge in [0.2, 0.25) is 0 Å². The average Bonchev–Trinajstić information content (AvgIpc) is 2.74. The Balaban J connectivity index is 1.76. The number of amides is 2. The number of nitrogens with one attached hydrogen (secondary N) is 2. The van der Waals surface area contributed by atoms with Crippen LogP contribution in [0.3, 0.4) is 0 Å². The molecule has 0 fully saturated rings. The lowest BCUT2D eigenvalue weighted by Crippen LogP contribution is -2.34. The molecule has 100 valence electrons. The molecule has 0 saturated heterocycles. The number of carbonyl (C=O) groups is 1. The van der Waals surface area contributed by atoms with Gasteiger partial charge in [0.05, 0.1) is 6.54 Å². The van der Waals surface area contributed by atoms with E-state index in [0.29, 0.717) is 13.1 Å². The molecule has 0 aliphatic heterocycles. The molecule has 0 atom stereocenters. The standard InChI is InChI=1S/C15H18N2OS/c1-11-8-14(19-12(11)2)10-17-15(18)16-9-13-6-4-3-5-7-13/h3-8H,9-10H2,1-2H3,(H2,16,17,18). The Morgan fingerprint density at radius 1 is 1.11 bits per heavy atom. The minimum absolute atomic E-state index is 0.132. The van der Waals surface area contributed by atoms with Gasteiger partial charge in [0.1, 0.15) is 0 Å². The maximum atomic E-state index is 11.7. The van der Waals surface area contributed by atoms with Gasteiger partial charge >= 0.3 is 6.03 Å². The van der Waals surface area contributed by atoms with E-state index < -0.39 is 0 Å². The second kappa shape index (κ2) is 6.38. The molecule has 1 heterocycles. The fourth-order valence-electron chi connectivity index (χ4n) is 1.74. The largest absolute Gasteiger partial charge is 0.334 e. The Bertz CT molecular complexity index is 529. The molecule has 0 aliphatic carbocycles. The smallest absolute Gasteiger partial charge is 0.315 e. The minimum atomic E-state index is -0.132. The van der Waals surface area contributed by atoms with Gasteiger partial charge in [-0.05, 0) is 31.0 Å². The number of aryl methyl sites for hydroxylation is 2. The lowest BCUT2D eigenvalue weighted by molar-refractivity contribution is 0.240. The first-order chi connectivity index (χ1) is 9.15. The molecule has 0 aliphatic rings. The summed E-state index contributed by atoms with van der Waals surface area (Å²) in [5.41, 5.74) is 2.38. The molecule has 0 radical (unpaired) electrons. The molecule has 2 aromatic rings. The summed E-state index contributed by atoms with van der Waals surface area (Å²) in [5, 5.41) is 5.72. The summed E-state index contributed by atoms with van der Waals surface area (Å²) in [6.45, 7) is 5.32. The first kappa shape index (κ1) is 13.6. The van der Waals surface area contributed by atoms with Gasteiger partial charge in [-0.15, -0.1) is 11.3 Å². The van der Waals surface area contributed by atoms with Crippen LogP contribution in [0.5, 0.6) is 0 Å². The van der Waals surface area contributed by atoms with Gasteiger partial charge in [-0.2, -0.15) is 0 Å². The highest BCUT2D eigenvalue weighted by atomic mass is 32.1. The predicted octanol–water partition coefficient (Wildman–Crippen LogP) is 3.36. The second-order valence-electron chi connectivity index (χ2n) is 4.47. The van der Waals surface area contributed by atoms with Crippen LogP contribution < -0.4 is 10.6 Å². The van der Waals surface area contributed by atoms with Crippen LogP contribution in [0.15, 0.2) is 36.4 Å². The Morgan fingerprint density at radius 2 is 1.79 bits per heavy atom. The van der Waals surface area contributed by atoms with Crippen molar-refractivity contribution < 1.29 is 4.79 Å². The van der Waals surface area contributed by atoms with E-state index >= 15 is 0 Å². The summed E-state index contributed by atoms with van der Waals surface area (Å²) in [5.74, 6) is 0. The molecule has 0 unspecified atom stereocenters. The van der Waals surface area contributed by atoms with E-state index in [-0.39, 0.29) is 6.03 Å². The Morgan fingerprint density at radius 3 is 2.42 bits per heavy atom. The summed E-state index contributed by atoms with van der Waals surface area (Å²) >= 11 is 1.73. The molecule has 0 bridgehead atoms. The van der Waals surface area contributed by atoms with E-state index in [2.05, 4.69) is 30.5 Å². The molecule has 2 N–H and O–H groups in total. The average molecular weight is 274 g/mol. The Kier molecular flexibility index (Phi) is 4.58. The number of carbonyl (C=O) groups excluding carboxylic acids is 1. The summed E-state index contributed by atoms with van der Waals surface area (Å²) in [7, 11) is 0. The summed E-state index contributed by atoms with van der Waals surface area (Å²) < 4.78 is 0. The highest BCUT2D eigenvalue weighted by Gasteiger charge is 2.04. The van der Waals surface area contributed by atoms with E-state index in [1.54, 1.807) is 11.3 Å². The lowest BCUT2D eigenvalue weighted by atomic mass is 10.2. The van der Waals surface area contributed by atoms with Gasteiger partial charge in [-0.1, -0.05) is 30.3 Å². The van der Waals surface area contributed by atoms with E-state index in [4.69, 9.17) is 0 Å². The van der Waals surface area contributed by atoms with Gasteiger partial charge in [-0.25, -0.2) is 4.79 Å². The SMILES string of the molecule is Cc1cc(CNC(=O)NCc2ccccc2)sc1C. The molecular formula is C15H18N2OS. The van der Waals surface area contributed by atoms with Crippen LogP contribution in [-0.4, -0.2) is 6.03 Å². The van der Waals surface area contributed by atoms with Crippen molar-refractivity contribution in [1.29, 1.82) is 0 Å². The van der Waals surface area contributed by atoms with Crippen molar-refractivity contribution in [3.05, 3.63) is 57.3 Å². The number of urea groups is 1. The zero-order valence-corrected chi connectivity index (χ0v) is 12.0. The summed E-state index contributed by atoms with van der Waals surface area (Å²) in [6, 6.07) is 11.9. The van der Waals surface area contributed by atoms with E-state index in [0.717, 1.165) is 5.56 Å². The molecule has 2 rings (SSSR count). The zero-order valence-electron chi connectivity index (χ0n) is 11.2. The van der Waals surface area contributed by atoms with Gasteiger partial charge in [0, 0.05) is 16.3 Å². The lowest BCUT2D eigenvalue weighted by Gasteiger charge is -2.06. The maximum Gasteiger partial charge on any atom is 0.315 e. The van der Waals surface area contributed by atoms with Crippen molar-refractivity contribution in [2.75, 3.05) is 0 Å². The number of thiophene rings is 1. The van der Waals surface area contributed by atoms with E-state index in [1.807, 2.05) is 30.3 Å². The molecular weight excluding hydrogens is 256 g/mol. The third-order valence-electron chi connectivity index (χ3n) is 2.94. The van der Waals surface area contributed by atoms with E-state index in [9.17, 15) is 4.79 Å². The number of hydrogen-bond acceptors (Lipinski definition) is 2. The molecule has 19 heavy (non-hydrogen) atoms. The van der Waals surface area contributed by atoms with Crippen LogP contribution in [0, 0.1) is 13.8 Å². The predicted molar refractivity (Wildman–Crippen MR) is 79.3 cm³/mol. The monoisotopic (exact) mass is 274 g/mol. The van der Waals surface area contributed by atoms with Crippen LogP contribution >= 0.6 is 11.3 Å². The molecule has 4 heteroatoms. The van der Waals surface area contributed by atoms with Crippen LogP contribution in [0.1, 0.15) is 20.9 Å². The zero-order chi connectivity index (χ0) is 13.7. The van der Waals surface area contributed by atoms with Crippen molar-refractivity contribution in [1.82, 2.24) is 10.6 Å². The fraction of sp³-hybridized carbons (Fsp3) is 0.267. The van der Waals surface area contributed by atoms with Crippen molar-refractivity contribution in [3.63, 3.8) is 0 Å². The Hall–Kier alpha value is -1.81. The Labute approximate surface area is 117 Å². The molecule has 0 spiro atoms. The first-order valence-electron chi connectivity index (χ1n) is 6.26. The third kappa shape index (κ3) is 4.10. The second-order valence-corrected chi connectivity index (χ2v) is 5.81. The van der Waals surface area contributed by atoms with Gasteiger partial charge in [0.15, 0.2) is 0 Å². The van der Waals surface area contributed by atoms with Crippen molar-refractivity contribution in [3.8, 4) is 0 Å². The van der Waals surface area contributed by atoms with E-state index in [1.165, 1.54) is 15.3 Å². The molecule has 1 aromatic heterocycles. The minimum Gasteiger partial charge on any atom is -0.334 e. The molecule has 3 nitrogen and oxygen atoms in total. The highest BCUT2D eigenvalue weighted by Crippen LogP contribution is 2.20. The van der Waals surface area contributed by atoms with Crippen molar-refractivity contribution in [2.45, 2.75) is 26.9 Å². The number of rotatable bonds is 4. The number of hydrogen-bond donors (Lipinski definition) is 2. The van der Waals surface area contributed by atoms with Crippen LogP contribution in [-0.2, 0) is 13.1 Å². The van der Waals surface area contributed by atoms with Crippen LogP contribution in [0.4, 0.5) is 4.79 Å². The van der Waals surface area contributed by atoms with Crippen LogP contribution in [0.2, 0.25) is 0 Å². The van der Waals surface area contributed by atoms with Crippen LogP contribution in [0.25, 0.3) is 0 Å². The molecule has 2 amide bonds.